The van der Waals surface area contributed by atoms with Crippen LogP contribution in [0.15, 0.2) is 66.7 Å². The number of likely N-dealkylation sites (tertiary alicyclic amines) is 2. The summed E-state index contributed by atoms with van der Waals surface area (Å²) >= 11 is 0. The molecule has 5 nitrogen and oxygen atoms in total. The van der Waals surface area contributed by atoms with Crippen LogP contribution < -0.4 is 5.32 Å². The Morgan fingerprint density at radius 1 is 0.978 bits per heavy atom. The molecule has 3 aromatic carbocycles. The maximum Gasteiger partial charge on any atom is 0.404 e. The molecule has 0 radical (unpaired) electrons. The molecule has 5 rings (SSSR count). The number of benzene rings is 3. The maximum absolute atomic E-state index is 15.1. The second-order valence-corrected chi connectivity index (χ2v) is 13.9. The van der Waals surface area contributed by atoms with E-state index in [4.69, 9.17) is 0 Å². The van der Waals surface area contributed by atoms with E-state index in [9.17, 15) is 23.1 Å². The van der Waals surface area contributed by atoms with Crippen LogP contribution in [0.25, 0.3) is 0 Å². The van der Waals surface area contributed by atoms with Gasteiger partial charge in [-0.15, -0.1) is 0 Å². The molecule has 0 aliphatic carbocycles. The quantitative estimate of drug-likeness (QED) is 0.243. The Morgan fingerprint density at radius 2 is 1.67 bits per heavy atom. The van der Waals surface area contributed by atoms with Crippen molar-refractivity contribution in [3.05, 3.63) is 100 Å². The standard InChI is InChI=1S/C37H45F4N3O2/c1-24-9-5-13-30(38)33(24)35(46)44-20-7-10-27(21-32(45)42-29-12-6-11-28(22-29)36(2,3)4)34(44)26-17-15-25(16-18-26)23-43-19-8-14-31(43)37(39,40)41/h5-6,9,11-13,15-18,22,27,31,34-35,46H,7-8,10,14,19-21,23H2,1-4H3,(H,42,45)/t27?,31-,34+,35?/m1/s1. The summed E-state index contributed by atoms with van der Waals surface area (Å²) in [6.07, 6.45) is -3.26. The van der Waals surface area contributed by atoms with E-state index in [0.29, 0.717) is 37.2 Å². The van der Waals surface area contributed by atoms with Gasteiger partial charge in [-0.1, -0.05) is 69.3 Å². The highest BCUT2D eigenvalue weighted by atomic mass is 19.4. The predicted molar refractivity (Wildman–Crippen MR) is 173 cm³/mol. The Bertz CT molecular complexity index is 1480. The average molecular weight is 640 g/mol. The summed E-state index contributed by atoms with van der Waals surface area (Å²) in [5.41, 5.74) is 4.17. The Hall–Kier alpha value is -3.27. The first kappa shape index (κ1) is 34.1. The molecule has 1 amide bonds. The number of piperidine rings is 1. The van der Waals surface area contributed by atoms with Gasteiger partial charge in [0.25, 0.3) is 0 Å². The van der Waals surface area contributed by atoms with Gasteiger partial charge in [-0.05, 0) is 90.9 Å². The fraction of sp³-hybridized carbons (Fsp3) is 0.486. The number of carbonyl (C=O) groups is 1. The largest absolute Gasteiger partial charge is 0.404 e. The summed E-state index contributed by atoms with van der Waals surface area (Å²) in [6, 6.07) is 18.1. The summed E-state index contributed by atoms with van der Waals surface area (Å²) in [7, 11) is 0. The minimum atomic E-state index is -4.26. The normalized spacial score (nSPS) is 22.2. The topological polar surface area (TPSA) is 55.8 Å². The SMILES string of the molecule is Cc1cccc(F)c1C(O)N1CCCC(CC(=O)Nc2cccc(C(C)(C)C)c2)[C@@H]1c1ccc(CN2CCC[C@@H]2C(F)(F)F)cc1. The Labute approximate surface area is 269 Å². The minimum absolute atomic E-state index is 0.0781. The molecule has 2 aliphatic heterocycles. The van der Waals surface area contributed by atoms with Crippen molar-refractivity contribution in [3.8, 4) is 0 Å². The Balaban J connectivity index is 1.41. The van der Waals surface area contributed by atoms with Crippen LogP contribution in [-0.2, 0) is 16.8 Å². The molecule has 248 valence electrons. The van der Waals surface area contributed by atoms with Crippen molar-refractivity contribution in [2.75, 3.05) is 18.4 Å². The first-order chi connectivity index (χ1) is 21.7. The lowest BCUT2D eigenvalue weighted by Crippen LogP contribution is -2.43. The summed E-state index contributed by atoms with van der Waals surface area (Å²) in [5.74, 6) is -0.839. The van der Waals surface area contributed by atoms with Gasteiger partial charge in [0.15, 0.2) is 0 Å². The van der Waals surface area contributed by atoms with Crippen molar-refractivity contribution in [3.63, 3.8) is 0 Å². The average Bonchev–Trinajstić information content (AvgIpc) is 3.46. The van der Waals surface area contributed by atoms with E-state index in [1.54, 1.807) is 19.1 Å². The number of carbonyl (C=O) groups excluding carboxylic acids is 1. The van der Waals surface area contributed by atoms with E-state index in [2.05, 4.69) is 26.1 Å². The van der Waals surface area contributed by atoms with E-state index in [-0.39, 0.29) is 42.2 Å². The number of aliphatic hydroxyl groups excluding tert-OH is 1. The predicted octanol–water partition coefficient (Wildman–Crippen LogP) is 8.43. The fourth-order valence-electron chi connectivity index (χ4n) is 7.15. The fourth-order valence-corrected chi connectivity index (χ4v) is 7.15. The second kappa shape index (κ2) is 13.8. The van der Waals surface area contributed by atoms with Crippen LogP contribution in [0.5, 0.6) is 0 Å². The summed E-state index contributed by atoms with van der Waals surface area (Å²) < 4.78 is 55.8. The molecular weight excluding hydrogens is 594 g/mol. The molecule has 2 N–H and O–H groups in total. The van der Waals surface area contributed by atoms with Crippen molar-refractivity contribution >= 4 is 11.6 Å². The van der Waals surface area contributed by atoms with Crippen molar-refractivity contribution < 1.29 is 27.5 Å². The smallest absolute Gasteiger partial charge is 0.374 e. The van der Waals surface area contributed by atoms with E-state index in [0.717, 1.165) is 23.1 Å². The van der Waals surface area contributed by atoms with Gasteiger partial charge in [-0.25, -0.2) is 4.39 Å². The zero-order valence-electron chi connectivity index (χ0n) is 27.1. The lowest BCUT2D eigenvalue weighted by Gasteiger charge is -2.44. The summed E-state index contributed by atoms with van der Waals surface area (Å²) in [6.45, 7) is 9.18. The second-order valence-electron chi connectivity index (χ2n) is 13.9. The monoisotopic (exact) mass is 639 g/mol. The number of hydrogen-bond donors (Lipinski definition) is 2. The third-order valence-corrected chi connectivity index (χ3v) is 9.55. The molecule has 2 unspecified atom stereocenters. The number of amides is 1. The van der Waals surface area contributed by atoms with Gasteiger partial charge in [-0.3, -0.25) is 14.6 Å². The third kappa shape index (κ3) is 7.81. The highest BCUT2D eigenvalue weighted by Gasteiger charge is 2.45. The summed E-state index contributed by atoms with van der Waals surface area (Å²) in [5, 5.41) is 14.7. The molecule has 0 saturated carbocycles. The van der Waals surface area contributed by atoms with Crippen LogP contribution in [0.1, 0.15) is 93.0 Å². The van der Waals surface area contributed by atoms with Crippen molar-refractivity contribution in [1.82, 2.24) is 9.80 Å². The zero-order valence-corrected chi connectivity index (χ0v) is 27.1. The van der Waals surface area contributed by atoms with E-state index in [1.165, 1.54) is 11.0 Å². The third-order valence-electron chi connectivity index (χ3n) is 9.55. The van der Waals surface area contributed by atoms with Crippen LogP contribution in [0.3, 0.4) is 0 Å². The lowest BCUT2D eigenvalue weighted by atomic mass is 9.81. The number of nitrogens with zero attached hydrogens (tertiary/aromatic N) is 2. The van der Waals surface area contributed by atoms with E-state index >= 15 is 4.39 Å². The molecule has 0 aromatic heterocycles. The first-order valence-corrected chi connectivity index (χ1v) is 16.2. The van der Waals surface area contributed by atoms with Gasteiger partial charge >= 0.3 is 6.18 Å². The number of anilines is 1. The lowest BCUT2D eigenvalue weighted by molar-refractivity contribution is -0.177. The van der Waals surface area contributed by atoms with Crippen LogP contribution >= 0.6 is 0 Å². The van der Waals surface area contributed by atoms with Gasteiger partial charge in [0.2, 0.25) is 5.91 Å². The van der Waals surface area contributed by atoms with Gasteiger partial charge < -0.3 is 10.4 Å². The molecule has 2 fully saturated rings. The molecular formula is C37H45F4N3O2. The number of alkyl halides is 3. The highest BCUT2D eigenvalue weighted by Crippen LogP contribution is 2.43. The van der Waals surface area contributed by atoms with Crippen LogP contribution in [-0.4, -0.2) is 46.1 Å². The van der Waals surface area contributed by atoms with Gasteiger partial charge in [0, 0.05) is 36.8 Å². The van der Waals surface area contributed by atoms with Crippen LogP contribution in [0, 0.1) is 18.7 Å². The van der Waals surface area contributed by atoms with Crippen molar-refractivity contribution in [2.45, 2.75) is 96.2 Å². The number of aliphatic hydroxyl groups is 1. The summed E-state index contributed by atoms with van der Waals surface area (Å²) in [4.78, 5) is 16.8. The minimum Gasteiger partial charge on any atom is -0.374 e. The molecule has 9 heteroatoms. The van der Waals surface area contributed by atoms with Gasteiger partial charge in [0.05, 0.1) is 0 Å². The Morgan fingerprint density at radius 3 is 2.35 bits per heavy atom. The first-order valence-electron chi connectivity index (χ1n) is 16.2. The van der Waals surface area contributed by atoms with E-state index in [1.807, 2.05) is 53.4 Å². The maximum atomic E-state index is 15.1. The van der Waals surface area contributed by atoms with Crippen LogP contribution in [0.2, 0.25) is 0 Å². The number of nitrogens with one attached hydrogen (secondary N) is 1. The molecule has 46 heavy (non-hydrogen) atoms. The molecule has 2 aliphatic rings. The van der Waals surface area contributed by atoms with Gasteiger partial charge in [-0.2, -0.15) is 13.2 Å². The Kier molecular flexibility index (Phi) is 10.3. The zero-order chi connectivity index (χ0) is 33.2. The molecule has 3 aromatic rings. The van der Waals surface area contributed by atoms with Crippen LogP contribution in [0.4, 0.5) is 23.2 Å². The van der Waals surface area contributed by atoms with Crippen molar-refractivity contribution in [2.24, 2.45) is 5.92 Å². The molecule has 2 saturated heterocycles. The number of rotatable bonds is 8. The number of aryl methyl sites for hydroxylation is 1. The van der Waals surface area contributed by atoms with Crippen molar-refractivity contribution in [1.29, 1.82) is 0 Å². The number of hydrogen-bond acceptors (Lipinski definition) is 4. The van der Waals surface area contributed by atoms with Gasteiger partial charge in [0.1, 0.15) is 18.1 Å². The molecule has 4 atom stereocenters. The van der Waals surface area contributed by atoms with E-state index < -0.39 is 30.3 Å². The molecule has 0 bridgehead atoms. The number of halogens is 4. The highest BCUT2D eigenvalue weighted by molar-refractivity contribution is 5.91. The molecule has 0 spiro atoms. The molecule has 2 heterocycles.